The van der Waals surface area contributed by atoms with Crippen molar-refractivity contribution in [3.8, 4) is 0 Å². The third-order valence-corrected chi connectivity index (χ3v) is 2.29. The summed E-state index contributed by atoms with van der Waals surface area (Å²) in [5.41, 5.74) is 7.63. The molecule has 1 rings (SSSR count). The first-order chi connectivity index (χ1) is 6.72. The maximum atomic E-state index is 5.69. The van der Waals surface area contributed by atoms with E-state index >= 15 is 0 Å². The average molecular weight is 192 g/mol. The molecule has 1 aromatic rings. The van der Waals surface area contributed by atoms with Crippen LogP contribution in [0.3, 0.4) is 0 Å². The van der Waals surface area contributed by atoms with Gasteiger partial charge >= 0.3 is 0 Å². The van der Waals surface area contributed by atoms with E-state index in [9.17, 15) is 0 Å². The van der Waals surface area contributed by atoms with Gasteiger partial charge in [0.1, 0.15) is 0 Å². The molecule has 0 aromatic heterocycles. The van der Waals surface area contributed by atoms with Gasteiger partial charge in [-0.25, -0.2) is 0 Å². The average Bonchev–Trinajstić information content (AvgIpc) is 2.15. The van der Waals surface area contributed by atoms with E-state index in [2.05, 4.69) is 25.2 Å². The zero-order valence-corrected chi connectivity index (χ0v) is 9.09. The number of unbranched alkanes of at least 4 members (excludes halogenated alkanes) is 1. The molecule has 0 amide bonds. The summed E-state index contributed by atoms with van der Waals surface area (Å²) in [6, 6.07) is 8.43. The highest BCUT2D eigenvalue weighted by Gasteiger charge is 2.00. The van der Waals surface area contributed by atoms with Crippen molar-refractivity contribution in [2.24, 2.45) is 0 Å². The zero-order valence-electron chi connectivity index (χ0n) is 9.09. The lowest BCUT2D eigenvalue weighted by atomic mass is 10.1. The van der Waals surface area contributed by atoms with Crippen LogP contribution in [0.1, 0.15) is 33.1 Å². The van der Waals surface area contributed by atoms with E-state index in [0.717, 1.165) is 11.4 Å². The molecule has 78 valence electrons. The lowest BCUT2D eigenvalue weighted by Crippen LogP contribution is -2.14. The minimum Gasteiger partial charge on any atom is -0.399 e. The van der Waals surface area contributed by atoms with Gasteiger partial charge in [-0.05, 0) is 31.5 Å². The predicted octanol–water partition coefficient (Wildman–Crippen LogP) is 3.26. The Morgan fingerprint density at radius 3 is 2.86 bits per heavy atom. The van der Waals surface area contributed by atoms with Gasteiger partial charge in [0, 0.05) is 17.4 Å². The molecule has 1 unspecified atom stereocenters. The van der Waals surface area contributed by atoms with Crippen LogP contribution in [0.15, 0.2) is 24.3 Å². The van der Waals surface area contributed by atoms with Crippen molar-refractivity contribution in [2.75, 3.05) is 11.1 Å². The number of nitrogens with one attached hydrogen (secondary N) is 1. The van der Waals surface area contributed by atoms with Gasteiger partial charge in [0.25, 0.3) is 0 Å². The van der Waals surface area contributed by atoms with Crippen molar-refractivity contribution >= 4 is 11.4 Å². The molecule has 1 aromatic carbocycles. The summed E-state index contributed by atoms with van der Waals surface area (Å²) in [6.45, 7) is 4.42. The van der Waals surface area contributed by atoms with Crippen LogP contribution in [0.25, 0.3) is 0 Å². The second kappa shape index (κ2) is 5.53. The van der Waals surface area contributed by atoms with Crippen LogP contribution < -0.4 is 11.1 Å². The first-order valence-corrected chi connectivity index (χ1v) is 5.34. The van der Waals surface area contributed by atoms with E-state index < -0.39 is 0 Å². The Balaban J connectivity index is 2.43. The number of nitrogen functional groups attached to an aromatic ring is 1. The van der Waals surface area contributed by atoms with Crippen molar-refractivity contribution in [3.05, 3.63) is 24.3 Å². The Morgan fingerprint density at radius 1 is 1.43 bits per heavy atom. The summed E-state index contributed by atoms with van der Waals surface area (Å²) in [5, 5.41) is 3.44. The maximum absolute atomic E-state index is 5.69. The Morgan fingerprint density at radius 2 is 2.21 bits per heavy atom. The van der Waals surface area contributed by atoms with Crippen molar-refractivity contribution in [2.45, 2.75) is 39.2 Å². The fourth-order valence-electron chi connectivity index (χ4n) is 1.50. The molecule has 1 atom stereocenters. The molecule has 0 fully saturated rings. The lowest BCUT2D eigenvalue weighted by Gasteiger charge is -2.14. The number of anilines is 2. The SMILES string of the molecule is CCCCC(C)Nc1cccc(N)c1. The normalized spacial score (nSPS) is 12.4. The Kier molecular flexibility index (Phi) is 4.30. The second-order valence-electron chi connectivity index (χ2n) is 3.81. The van der Waals surface area contributed by atoms with Gasteiger partial charge in [-0.1, -0.05) is 25.8 Å². The van der Waals surface area contributed by atoms with Crippen molar-refractivity contribution in [3.63, 3.8) is 0 Å². The minimum atomic E-state index is 0.525. The highest BCUT2D eigenvalue weighted by atomic mass is 14.9. The number of rotatable bonds is 5. The van der Waals surface area contributed by atoms with Gasteiger partial charge in [0.2, 0.25) is 0 Å². The monoisotopic (exact) mass is 192 g/mol. The molecule has 0 saturated heterocycles. The topological polar surface area (TPSA) is 38.0 Å². The molecule has 3 N–H and O–H groups in total. The quantitative estimate of drug-likeness (QED) is 0.703. The lowest BCUT2D eigenvalue weighted by molar-refractivity contribution is 0.645. The third-order valence-electron chi connectivity index (χ3n) is 2.29. The van der Waals surface area contributed by atoms with E-state index in [1.165, 1.54) is 19.3 Å². The standard InChI is InChI=1S/C12H20N2/c1-3-4-6-10(2)14-12-8-5-7-11(13)9-12/h5,7-10,14H,3-4,6,13H2,1-2H3. The van der Waals surface area contributed by atoms with Gasteiger partial charge in [-0.2, -0.15) is 0 Å². The van der Waals surface area contributed by atoms with Gasteiger partial charge < -0.3 is 11.1 Å². The number of hydrogen-bond donors (Lipinski definition) is 2. The van der Waals surface area contributed by atoms with E-state index in [1.807, 2.05) is 18.2 Å². The van der Waals surface area contributed by atoms with Gasteiger partial charge in [0.05, 0.1) is 0 Å². The van der Waals surface area contributed by atoms with E-state index in [1.54, 1.807) is 0 Å². The molecule has 0 radical (unpaired) electrons. The Hall–Kier alpha value is -1.18. The Labute approximate surface area is 86.5 Å². The molecule has 2 nitrogen and oxygen atoms in total. The minimum absolute atomic E-state index is 0.525. The highest BCUT2D eigenvalue weighted by Crippen LogP contribution is 2.14. The first-order valence-electron chi connectivity index (χ1n) is 5.34. The van der Waals surface area contributed by atoms with E-state index in [4.69, 9.17) is 5.73 Å². The summed E-state index contributed by atoms with van der Waals surface area (Å²) in [5.74, 6) is 0. The molecule has 0 aliphatic rings. The maximum Gasteiger partial charge on any atom is 0.0362 e. The summed E-state index contributed by atoms with van der Waals surface area (Å²) >= 11 is 0. The second-order valence-corrected chi connectivity index (χ2v) is 3.81. The highest BCUT2D eigenvalue weighted by molar-refractivity contribution is 5.54. The molecule has 2 heteroatoms. The molecule has 0 spiro atoms. The molecule has 0 heterocycles. The van der Waals surface area contributed by atoms with Crippen LogP contribution in [0, 0.1) is 0 Å². The van der Waals surface area contributed by atoms with Gasteiger partial charge in [0.15, 0.2) is 0 Å². The molecular weight excluding hydrogens is 172 g/mol. The van der Waals surface area contributed by atoms with Crippen molar-refractivity contribution in [1.29, 1.82) is 0 Å². The molecule has 0 saturated carbocycles. The predicted molar refractivity (Wildman–Crippen MR) is 63.5 cm³/mol. The van der Waals surface area contributed by atoms with Crippen LogP contribution in [-0.2, 0) is 0 Å². The van der Waals surface area contributed by atoms with Crippen LogP contribution in [0.2, 0.25) is 0 Å². The molecule has 14 heavy (non-hydrogen) atoms. The largest absolute Gasteiger partial charge is 0.399 e. The summed E-state index contributed by atoms with van der Waals surface area (Å²) in [7, 11) is 0. The van der Waals surface area contributed by atoms with E-state index in [0.29, 0.717) is 6.04 Å². The summed E-state index contributed by atoms with van der Waals surface area (Å²) in [6.07, 6.45) is 3.74. The number of nitrogens with two attached hydrogens (primary N) is 1. The summed E-state index contributed by atoms with van der Waals surface area (Å²) < 4.78 is 0. The fraction of sp³-hybridized carbons (Fsp3) is 0.500. The van der Waals surface area contributed by atoms with E-state index in [-0.39, 0.29) is 0 Å². The number of benzene rings is 1. The van der Waals surface area contributed by atoms with Crippen LogP contribution in [0.5, 0.6) is 0 Å². The third kappa shape index (κ3) is 3.69. The molecule has 0 bridgehead atoms. The molecule has 0 aliphatic heterocycles. The zero-order chi connectivity index (χ0) is 10.4. The molecule has 0 aliphatic carbocycles. The first kappa shape index (κ1) is 10.9. The summed E-state index contributed by atoms with van der Waals surface area (Å²) in [4.78, 5) is 0. The smallest absolute Gasteiger partial charge is 0.0362 e. The van der Waals surface area contributed by atoms with Crippen LogP contribution in [-0.4, -0.2) is 6.04 Å². The van der Waals surface area contributed by atoms with Crippen molar-refractivity contribution in [1.82, 2.24) is 0 Å². The van der Waals surface area contributed by atoms with Crippen LogP contribution in [0.4, 0.5) is 11.4 Å². The number of hydrogen-bond acceptors (Lipinski definition) is 2. The molecular formula is C12H20N2. The van der Waals surface area contributed by atoms with Crippen LogP contribution >= 0.6 is 0 Å². The fourth-order valence-corrected chi connectivity index (χ4v) is 1.50. The van der Waals surface area contributed by atoms with Crippen molar-refractivity contribution < 1.29 is 0 Å². The van der Waals surface area contributed by atoms with Gasteiger partial charge in [-0.15, -0.1) is 0 Å². The Bertz CT molecular complexity index is 271. The van der Waals surface area contributed by atoms with Gasteiger partial charge in [-0.3, -0.25) is 0 Å².